The Kier molecular flexibility index (Phi) is 15.6. The van der Waals surface area contributed by atoms with Crippen LogP contribution < -0.4 is 0 Å². The van der Waals surface area contributed by atoms with E-state index in [9.17, 15) is 0 Å². The fraction of sp³-hybridized carbons (Fsp3) is 0.667. The highest BCUT2D eigenvalue weighted by Crippen LogP contribution is 2.13. The van der Waals surface area contributed by atoms with Crippen LogP contribution in [0.25, 0.3) is 0 Å². The molecule has 0 amide bonds. The van der Waals surface area contributed by atoms with E-state index in [1.165, 1.54) is 17.6 Å². The molecular formula is C18H36N2. The van der Waals surface area contributed by atoms with Gasteiger partial charge in [-0.15, -0.1) is 0 Å². The van der Waals surface area contributed by atoms with Crippen molar-refractivity contribution in [1.29, 1.82) is 0 Å². The molecular weight excluding hydrogens is 244 g/mol. The van der Waals surface area contributed by atoms with Crippen molar-refractivity contribution in [3.05, 3.63) is 36.0 Å². The van der Waals surface area contributed by atoms with Crippen molar-refractivity contribution >= 4 is 0 Å². The van der Waals surface area contributed by atoms with Gasteiger partial charge in [-0.05, 0) is 65.1 Å². The molecule has 0 aliphatic carbocycles. The topological polar surface area (TPSA) is 6.48 Å². The maximum absolute atomic E-state index is 3.95. The highest BCUT2D eigenvalue weighted by atomic mass is 15.1. The molecule has 20 heavy (non-hydrogen) atoms. The summed E-state index contributed by atoms with van der Waals surface area (Å²) >= 11 is 0. The van der Waals surface area contributed by atoms with Crippen LogP contribution in [0.3, 0.4) is 0 Å². The predicted octanol–water partition coefficient (Wildman–Crippen LogP) is 4.36. The van der Waals surface area contributed by atoms with Gasteiger partial charge in [0.25, 0.3) is 0 Å². The number of nitrogens with zero attached hydrogens (tertiary/aromatic N) is 2. The average Bonchev–Trinajstić information content (AvgIpc) is 2.44. The smallest absolute Gasteiger partial charge is 0.0233 e. The Hall–Kier alpha value is -0.860. The zero-order chi connectivity index (χ0) is 16.0. The van der Waals surface area contributed by atoms with E-state index in [1.54, 1.807) is 0 Å². The molecule has 0 aromatic heterocycles. The summed E-state index contributed by atoms with van der Waals surface area (Å²) in [5.41, 5.74) is 2.75. The molecule has 0 spiro atoms. The Morgan fingerprint density at radius 2 is 1.65 bits per heavy atom. The second-order valence-corrected chi connectivity index (χ2v) is 5.00. The van der Waals surface area contributed by atoms with Crippen molar-refractivity contribution in [2.75, 3.05) is 40.8 Å². The first-order valence-electron chi connectivity index (χ1n) is 7.85. The molecule has 0 bridgehead atoms. The van der Waals surface area contributed by atoms with Crippen molar-refractivity contribution in [3.8, 4) is 0 Å². The van der Waals surface area contributed by atoms with Crippen LogP contribution in [0.5, 0.6) is 0 Å². The molecule has 2 heteroatoms. The van der Waals surface area contributed by atoms with Crippen molar-refractivity contribution in [3.63, 3.8) is 0 Å². The van der Waals surface area contributed by atoms with Crippen molar-refractivity contribution < 1.29 is 0 Å². The Bertz CT molecular complexity index is 288. The fourth-order valence-electron chi connectivity index (χ4n) is 1.98. The van der Waals surface area contributed by atoms with Gasteiger partial charge >= 0.3 is 0 Å². The number of rotatable bonds is 9. The van der Waals surface area contributed by atoms with E-state index in [0.717, 1.165) is 26.1 Å². The molecule has 0 atom stereocenters. The number of hydrogen-bond donors (Lipinski definition) is 0. The minimum Gasteiger partial charge on any atom is -0.309 e. The first-order valence-corrected chi connectivity index (χ1v) is 7.85. The lowest BCUT2D eigenvalue weighted by molar-refractivity contribution is 0.318. The SMILES string of the molecule is C=C/C(CN(C)CCCN(C)C)=C(\C=C/C)CC.CC. The Morgan fingerprint density at radius 3 is 2.05 bits per heavy atom. The number of likely N-dealkylation sites (N-methyl/N-ethyl adjacent to an activating group) is 1. The lowest BCUT2D eigenvalue weighted by atomic mass is 10.0. The van der Waals surface area contributed by atoms with Gasteiger partial charge in [0.05, 0.1) is 0 Å². The normalized spacial score (nSPS) is 12.4. The number of allylic oxidation sites excluding steroid dienone is 3. The summed E-state index contributed by atoms with van der Waals surface area (Å²) in [5.74, 6) is 0. The van der Waals surface area contributed by atoms with Gasteiger partial charge in [0.1, 0.15) is 0 Å². The molecule has 0 saturated carbocycles. The first-order chi connectivity index (χ1) is 9.54. The lowest BCUT2D eigenvalue weighted by Crippen LogP contribution is -2.25. The second kappa shape index (κ2) is 14.5. The van der Waals surface area contributed by atoms with Gasteiger partial charge < -0.3 is 9.80 Å². The average molecular weight is 280 g/mol. The summed E-state index contributed by atoms with van der Waals surface area (Å²) in [4.78, 5) is 4.61. The Morgan fingerprint density at radius 1 is 1.05 bits per heavy atom. The molecule has 2 nitrogen and oxygen atoms in total. The summed E-state index contributed by atoms with van der Waals surface area (Å²) in [6.45, 7) is 15.5. The molecule has 0 unspecified atom stereocenters. The van der Waals surface area contributed by atoms with Gasteiger partial charge in [-0.1, -0.05) is 45.6 Å². The van der Waals surface area contributed by atoms with Crippen LogP contribution in [0, 0.1) is 0 Å². The third kappa shape index (κ3) is 11.0. The van der Waals surface area contributed by atoms with Crippen molar-refractivity contribution in [2.45, 2.75) is 40.5 Å². The van der Waals surface area contributed by atoms with E-state index in [2.05, 4.69) is 63.5 Å². The maximum atomic E-state index is 3.95. The van der Waals surface area contributed by atoms with Crippen LogP contribution in [0.15, 0.2) is 36.0 Å². The Balaban J connectivity index is 0. The van der Waals surface area contributed by atoms with Crippen LogP contribution in [0.4, 0.5) is 0 Å². The summed E-state index contributed by atoms with van der Waals surface area (Å²) in [7, 11) is 6.43. The zero-order valence-corrected chi connectivity index (χ0v) is 14.9. The minimum absolute atomic E-state index is 0.991. The lowest BCUT2D eigenvalue weighted by Gasteiger charge is -2.20. The molecule has 0 aromatic carbocycles. The quantitative estimate of drug-likeness (QED) is 0.579. The summed E-state index contributed by atoms with van der Waals surface area (Å²) in [5, 5.41) is 0. The monoisotopic (exact) mass is 280 g/mol. The summed E-state index contributed by atoms with van der Waals surface area (Å²) < 4.78 is 0. The second-order valence-electron chi connectivity index (χ2n) is 5.00. The maximum Gasteiger partial charge on any atom is 0.0233 e. The minimum atomic E-state index is 0.991. The molecule has 0 heterocycles. The van der Waals surface area contributed by atoms with E-state index in [1.807, 2.05) is 19.9 Å². The molecule has 0 saturated heterocycles. The predicted molar refractivity (Wildman–Crippen MR) is 94.3 cm³/mol. The molecule has 0 N–H and O–H groups in total. The van der Waals surface area contributed by atoms with Crippen molar-refractivity contribution in [1.82, 2.24) is 9.80 Å². The highest BCUT2D eigenvalue weighted by Gasteiger charge is 2.04. The zero-order valence-electron chi connectivity index (χ0n) is 14.9. The van der Waals surface area contributed by atoms with Gasteiger partial charge in [0, 0.05) is 6.54 Å². The van der Waals surface area contributed by atoms with Gasteiger partial charge in [-0.2, -0.15) is 0 Å². The molecule has 0 radical (unpaired) electrons. The van der Waals surface area contributed by atoms with Crippen LogP contribution in [-0.2, 0) is 0 Å². The van der Waals surface area contributed by atoms with Crippen LogP contribution in [0.2, 0.25) is 0 Å². The van der Waals surface area contributed by atoms with Crippen LogP contribution >= 0.6 is 0 Å². The van der Waals surface area contributed by atoms with E-state index in [0.29, 0.717) is 0 Å². The molecule has 0 fully saturated rings. The van der Waals surface area contributed by atoms with Gasteiger partial charge in [0.2, 0.25) is 0 Å². The van der Waals surface area contributed by atoms with E-state index in [-0.39, 0.29) is 0 Å². The summed E-state index contributed by atoms with van der Waals surface area (Å²) in [6.07, 6.45) is 8.58. The van der Waals surface area contributed by atoms with Crippen molar-refractivity contribution in [2.24, 2.45) is 0 Å². The third-order valence-corrected chi connectivity index (χ3v) is 2.99. The fourth-order valence-corrected chi connectivity index (χ4v) is 1.98. The van der Waals surface area contributed by atoms with E-state index >= 15 is 0 Å². The number of hydrogen-bond acceptors (Lipinski definition) is 2. The van der Waals surface area contributed by atoms with Gasteiger partial charge in [0.15, 0.2) is 0 Å². The standard InChI is InChI=1S/C16H30N2.C2H6/c1-7-11-15(8-2)16(9-3)14-18(6)13-10-12-17(4)5;1-2/h7,9,11H,3,8,10,12-14H2,1-2,4-6H3;1-2H3/b11-7-,16-15+;. The highest BCUT2D eigenvalue weighted by molar-refractivity contribution is 5.33. The molecule has 0 aliphatic heterocycles. The molecule has 118 valence electrons. The van der Waals surface area contributed by atoms with E-state index < -0.39 is 0 Å². The van der Waals surface area contributed by atoms with Crippen LogP contribution in [-0.4, -0.2) is 50.6 Å². The summed E-state index contributed by atoms with van der Waals surface area (Å²) in [6, 6.07) is 0. The molecule has 0 aliphatic rings. The molecule has 0 rings (SSSR count). The molecule has 0 aromatic rings. The van der Waals surface area contributed by atoms with Gasteiger partial charge in [-0.25, -0.2) is 0 Å². The Labute approximate surface area is 127 Å². The van der Waals surface area contributed by atoms with Crippen LogP contribution in [0.1, 0.15) is 40.5 Å². The largest absolute Gasteiger partial charge is 0.309 e. The third-order valence-electron chi connectivity index (χ3n) is 2.99. The van der Waals surface area contributed by atoms with E-state index in [4.69, 9.17) is 0 Å². The first kappa shape index (κ1) is 21.4. The van der Waals surface area contributed by atoms with Gasteiger partial charge in [-0.3, -0.25) is 0 Å².